The molecule has 2 rings (SSSR count). The van der Waals surface area contributed by atoms with E-state index in [4.69, 9.17) is 15.2 Å². The van der Waals surface area contributed by atoms with E-state index in [2.05, 4.69) is 15.5 Å². The molecule has 0 aliphatic rings. The highest BCUT2D eigenvalue weighted by atomic mass is 16.5. The van der Waals surface area contributed by atoms with Crippen LogP contribution in [-0.2, 0) is 11.3 Å². The molecule has 0 aliphatic carbocycles. The molecule has 0 aliphatic heterocycles. The molecule has 0 spiro atoms. The molecule has 0 saturated heterocycles. The van der Waals surface area contributed by atoms with E-state index in [1.165, 1.54) is 0 Å². The number of nitrogen functional groups attached to an aromatic ring is 1. The fourth-order valence-corrected chi connectivity index (χ4v) is 1.61. The van der Waals surface area contributed by atoms with Crippen molar-refractivity contribution in [1.29, 1.82) is 0 Å². The second-order valence-corrected chi connectivity index (χ2v) is 3.71. The summed E-state index contributed by atoms with van der Waals surface area (Å²) in [5.41, 5.74) is 7.22. The predicted octanol–water partition coefficient (Wildman–Crippen LogP) is 0.577. The third kappa shape index (κ3) is 2.57. The number of benzene rings is 1. The molecule has 0 unspecified atom stereocenters. The van der Waals surface area contributed by atoms with Crippen LogP contribution >= 0.6 is 0 Å². The average Bonchev–Trinajstić information content (AvgIpc) is 2.83. The molecular formula is C11H15N5O2. The summed E-state index contributed by atoms with van der Waals surface area (Å²) in [5.74, 6) is 1.31. The second-order valence-electron chi connectivity index (χ2n) is 3.71. The molecule has 0 saturated carbocycles. The molecule has 18 heavy (non-hydrogen) atoms. The van der Waals surface area contributed by atoms with Gasteiger partial charge >= 0.3 is 0 Å². The van der Waals surface area contributed by atoms with Crippen LogP contribution in [0, 0.1) is 0 Å². The predicted molar refractivity (Wildman–Crippen MR) is 66.1 cm³/mol. The van der Waals surface area contributed by atoms with Crippen molar-refractivity contribution in [2.24, 2.45) is 0 Å². The highest BCUT2D eigenvalue weighted by molar-refractivity contribution is 5.64. The van der Waals surface area contributed by atoms with E-state index in [1.54, 1.807) is 31.0 Å². The van der Waals surface area contributed by atoms with Crippen LogP contribution < -0.4 is 10.5 Å². The monoisotopic (exact) mass is 249 g/mol. The van der Waals surface area contributed by atoms with Gasteiger partial charge in [0.15, 0.2) is 5.82 Å². The number of nitrogens with two attached hydrogens (primary N) is 1. The van der Waals surface area contributed by atoms with Gasteiger partial charge in [-0.15, -0.1) is 5.10 Å². The number of methoxy groups -OCH3 is 2. The Balaban J connectivity index is 2.36. The molecule has 96 valence electrons. The third-order valence-electron chi connectivity index (χ3n) is 2.46. The molecule has 1 aromatic heterocycles. The summed E-state index contributed by atoms with van der Waals surface area (Å²) in [6.07, 6.45) is 0. The van der Waals surface area contributed by atoms with Gasteiger partial charge < -0.3 is 15.2 Å². The molecule has 0 atom stereocenters. The molecule has 1 aromatic carbocycles. The van der Waals surface area contributed by atoms with E-state index in [1.807, 2.05) is 6.07 Å². The summed E-state index contributed by atoms with van der Waals surface area (Å²) in [6.45, 7) is 1.12. The van der Waals surface area contributed by atoms with Crippen LogP contribution in [0.2, 0.25) is 0 Å². The Morgan fingerprint density at radius 2 is 2.11 bits per heavy atom. The number of hydrogen-bond acceptors (Lipinski definition) is 6. The van der Waals surface area contributed by atoms with E-state index in [9.17, 15) is 0 Å². The van der Waals surface area contributed by atoms with Gasteiger partial charge in [-0.25, -0.2) is 4.68 Å². The number of anilines is 1. The Hall–Kier alpha value is -2.15. The second kappa shape index (κ2) is 5.46. The van der Waals surface area contributed by atoms with Crippen LogP contribution in [0.25, 0.3) is 11.4 Å². The van der Waals surface area contributed by atoms with Crippen molar-refractivity contribution in [2.45, 2.75) is 6.54 Å². The molecule has 2 N–H and O–H groups in total. The summed E-state index contributed by atoms with van der Waals surface area (Å²) < 4.78 is 11.8. The lowest BCUT2D eigenvalue weighted by atomic mass is 10.2. The van der Waals surface area contributed by atoms with Gasteiger partial charge in [0, 0.05) is 24.4 Å². The minimum Gasteiger partial charge on any atom is -0.497 e. The van der Waals surface area contributed by atoms with Crippen molar-refractivity contribution >= 4 is 5.69 Å². The summed E-state index contributed by atoms with van der Waals surface area (Å²) in [5, 5.41) is 11.6. The molecule has 0 radical (unpaired) electrons. The summed E-state index contributed by atoms with van der Waals surface area (Å²) >= 11 is 0. The summed E-state index contributed by atoms with van der Waals surface area (Å²) in [7, 11) is 3.22. The van der Waals surface area contributed by atoms with Crippen molar-refractivity contribution in [3.63, 3.8) is 0 Å². The lowest BCUT2D eigenvalue weighted by Gasteiger charge is -2.07. The van der Waals surface area contributed by atoms with Crippen LogP contribution in [0.4, 0.5) is 5.69 Å². The van der Waals surface area contributed by atoms with Crippen LogP contribution in [0.1, 0.15) is 0 Å². The zero-order valence-electron chi connectivity index (χ0n) is 10.3. The number of ether oxygens (including phenoxy) is 2. The quantitative estimate of drug-likeness (QED) is 0.780. The molecular weight excluding hydrogens is 234 g/mol. The van der Waals surface area contributed by atoms with Gasteiger partial charge in [0.1, 0.15) is 5.75 Å². The van der Waals surface area contributed by atoms with Crippen LogP contribution in [0.15, 0.2) is 18.2 Å². The maximum Gasteiger partial charge on any atom is 0.182 e. The smallest absolute Gasteiger partial charge is 0.182 e. The number of aromatic nitrogens is 4. The van der Waals surface area contributed by atoms with E-state index in [0.717, 1.165) is 5.56 Å². The van der Waals surface area contributed by atoms with Gasteiger partial charge in [-0.3, -0.25) is 0 Å². The first-order valence-corrected chi connectivity index (χ1v) is 5.44. The van der Waals surface area contributed by atoms with Crippen molar-refractivity contribution < 1.29 is 9.47 Å². The Morgan fingerprint density at radius 3 is 2.83 bits per heavy atom. The standard InChI is InChI=1S/C11H15N5O2/c1-17-4-3-16-11(13-14-15-16)8-5-9(12)7-10(6-8)18-2/h5-7H,3-4,12H2,1-2H3. The van der Waals surface area contributed by atoms with Crippen molar-refractivity contribution in [3.8, 4) is 17.1 Å². The van der Waals surface area contributed by atoms with Crippen LogP contribution in [0.3, 0.4) is 0 Å². The van der Waals surface area contributed by atoms with Gasteiger partial charge in [0.25, 0.3) is 0 Å². The minimum atomic E-state index is 0.539. The number of nitrogens with zero attached hydrogens (tertiary/aromatic N) is 4. The van der Waals surface area contributed by atoms with Crippen LogP contribution in [-0.4, -0.2) is 41.0 Å². The lowest BCUT2D eigenvalue weighted by Crippen LogP contribution is -2.08. The topological polar surface area (TPSA) is 88.1 Å². The average molecular weight is 249 g/mol. The SMILES string of the molecule is COCCn1nnnc1-c1cc(N)cc(OC)c1. The highest BCUT2D eigenvalue weighted by Gasteiger charge is 2.10. The fraction of sp³-hybridized carbons (Fsp3) is 0.364. The molecule has 2 aromatic rings. The van der Waals surface area contributed by atoms with E-state index >= 15 is 0 Å². The summed E-state index contributed by atoms with van der Waals surface area (Å²) in [4.78, 5) is 0. The molecule has 0 amide bonds. The maximum atomic E-state index is 5.81. The number of rotatable bonds is 5. The zero-order chi connectivity index (χ0) is 13.0. The molecule has 7 nitrogen and oxygen atoms in total. The van der Waals surface area contributed by atoms with Gasteiger partial charge in [-0.2, -0.15) is 0 Å². The Bertz CT molecular complexity index is 526. The third-order valence-corrected chi connectivity index (χ3v) is 2.46. The fourth-order valence-electron chi connectivity index (χ4n) is 1.61. The summed E-state index contributed by atoms with van der Waals surface area (Å²) in [6, 6.07) is 5.38. The normalized spacial score (nSPS) is 10.6. The van der Waals surface area contributed by atoms with Gasteiger partial charge in [-0.05, 0) is 22.6 Å². The van der Waals surface area contributed by atoms with E-state index in [-0.39, 0.29) is 0 Å². The van der Waals surface area contributed by atoms with Gasteiger partial charge in [0.05, 0.1) is 20.3 Å². The maximum absolute atomic E-state index is 5.81. The van der Waals surface area contributed by atoms with Gasteiger partial charge in [-0.1, -0.05) is 0 Å². The first-order chi connectivity index (χ1) is 8.74. The van der Waals surface area contributed by atoms with Crippen molar-refractivity contribution in [1.82, 2.24) is 20.2 Å². The number of hydrogen-bond donors (Lipinski definition) is 1. The molecule has 0 bridgehead atoms. The van der Waals surface area contributed by atoms with E-state index < -0.39 is 0 Å². The Kier molecular flexibility index (Phi) is 3.73. The minimum absolute atomic E-state index is 0.539. The van der Waals surface area contributed by atoms with Gasteiger partial charge in [0.2, 0.25) is 0 Å². The lowest BCUT2D eigenvalue weighted by molar-refractivity contribution is 0.183. The van der Waals surface area contributed by atoms with Crippen molar-refractivity contribution in [2.75, 3.05) is 26.6 Å². The Labute approximate surface area is 104 Å². The van der Waals surface area contributed by atoms with Crippen molar-refractivity contribution in [3.05, 3.63) is 18.2 Å². The first-order valence-electron chi connectivity index (χ1n) is 5.44. The van der Waals surface area contributed by atoms with E-state index in [0.29, 0.717) is 30.4 Å². The highest BCUT2D eigenvalue weighted by Crippen LogP contribution is 2.25. The molecule has 0 fully saturated rings. The Morgan fingerprint density at radius 1 is 1.28 bits per heavy atom. The molecule has 7 heteroatoms. The first kappa shape index (κ1) is 12.3. The van der Waals surface area contributed by atoms with Crippen LogP contribution in [0.5, 0.6) is 5.75 Å². The molecule has 1 heterocycles. The zero-order valence-corrected chi connectivity index (χ0v) is 10.3. The largest absolute Gasteiger partial charge is 0.497 e. The number of tetrazole rings is 1.